The zero-order valence-electron chi connectivity index (χ0n) is 39.6. The van der Waals surface area contributed by atoms with Crippen LogP contribution in [0.25, 0.3) is 33.1 Å². The van der Waals surface area contributed by atoms with E-state index in [-0.39, 0.29) is 0 Å². The van der Waals surface area contributed by atoms with Crippen molar-refractivity contribution in [1.29, 1.82) is 0 Å². The summed E-state index contributed by atoms with van der Waals surface area (Å²) in [5.74, 6) is -4.34. The number of nitrogens with one attached hydrogen (secondary N) is 2. The molecule has 16 rings (SSSR count). The highest BCUT2D eigenvalue weighted by molar-refractivity contribution is 5.91. The van der Waals surface area contributed by atoms with E-state index in [1.807, 2.05) is 116 Å². The van der Waals surface area contributed by atoms with E-state index in [2.05, 4.69) is 31.0 Å². The highest BCUT2D eigenvalue weighted by Crippen LogP contribution is 2.43. The standard InChI is InChI=1S/C53H46F4N16O/c54-52(55)29-68(30-52)47(35-3-1-33-15-19-66(25-37(33)21-35)50-58-17-13-45(62-50)64-72-41-9-5-39(6-10-41)70-27-43(72)23-60-70)49(74)48(69-31-53(56,57)32-69)36-4-2-34-16-20-67(26-38(34)22-36)51-59-18-14-46(63-51)65-73-42-11-7-40(8-12-42)71-28-44(73)24-61-71/h1-14,17-18,21-24,27-28,47-48H,15-16,19-20,25-26,29-32H2,(H,58,62,64)(H,59,63,65). The molecule has 4 aliphatic heterocycles. The van der Waals surface area contributed by atoms with E-state index in [1.165, 1.54) is 9.80 Å². The predicted molar refractivity (Wildman–Crippen MR) is 269 cm³/mol. The monoisotopic (exact) mass is 998 g/mol. The number of fused-ring (bicyclic) bond motifs is 6. The van der Waals surface area contributed by atoms with Gasteiger partial charge in [0.15, 0.2) is 17.4 Å². The zero-order chi connectivity index (χ0) is 49.9. The molecule has 2 unspecified atom stereocenters. The Bertz CT molecular complexity index is 3540. The van der Waals surface area contributed by atoms with Gasteiger partial charge >= 0.3 is 0 Å². The summed E-state index contributed by atoms with van der Waals surface area (Å²) in [6.07, 6.45) is 12.1. The van der Waals surface area contributed by atoms with Crippen molar-refractivity contribution in [1.82, 2.24) is 58.3 Å². The molecule has 4 aromatic carbocycles. The molecule has 4 aliphatic rings. The summed E-state index contributed by atoms with van der Waals surface area (Å²) < 4.78 is 66.9. The lowest BCUT2D eigenvalue weighted by atomic mass is 9.84. The van der Waals surface area contributed by atoms with Crippen molar-refractivity contribution >= 4 is 62.4 Å². The van der Waals surface area contributed by atoms with Crippen LogP contribution in [-0.2, 0) is 30.7 Å². The van der Waals surface area contributed by atoms with Crippen molar-refractivity contribution in [2.45, 2.75) is 49.9 Å². The van der Waals surface area contributed by atoms with Crippen molar-refractivity contribution in [2.75, 3.05) is 59.9 Å². The number of Topliss-reactive ketones (excluding diaryl/α,β-unsaturated/α-hetero) is 1. The van der Waals surface area contributed by atoms with Crippen molar-refractivity contribution in [3.63, 3.8) is 0 Å². The summed E-state index contributed by atoms with van der Waals surface area (Å²) in [6, 6.07) is 28.7. The Labute approximate surface area is 419 Å². The minimum atomic E-state index is -3.00. The number of alkyl halides is 4. The maximum Gasteiger partial charge on any atom is 0.273 e. The number of halogens is 4. The molecule has 2 atom stereocenters. The molecule has 0 aliphatic carbocycles. The van der Waals surface area contributed by atoms with Gasteiger partial charge in [0.25, 0.3) is 11.8 Å². The molecular weight excluding hydrogens is 953 g/mol. The van der Waals surface area contributed by atoms with Crippen molar-refractivity contribution < 1.29 is 22.4 Å². The van der Waals surface area contributed by atoms with Gasteiger partial charge in [-0.1, -0.05) is 36.4 Å². The molecule has 0 spiro atoms. The molecule has 0 saturated carbocycles. The first-order valence-electron chi connectivity index (χ1n) is 24.5. The molecule has 2 N–H and O–H groups in total. The molecule has 2 fully saturated rings. The average molecular weight is 999 g/mol. The normalized spacial score (nSPS) is 18.3. The third-order valence-electron chi connectivity index (χ3n) is 14.8. The highest BCUT2D eigenvalue weighted by Gasteiger charge is 2.54. The van der Waals surface area contributed by atoms with E-state index in [4.69, 9.17) is 9.97 Å². The van der Waals surface area contributed by atoms with Gasteiger partial charge in [0.2, 0.25) is 11.9 Å². The lowest BCUT2D eigenvalue weighted by Gasteiger charge is -2.48. The summed E-state index contributed by atoms with van der Waals surface area (Å²) in [5.41, 5.74) is 17.2. The molecule has 12 heterocycles. The topological polar surface area (TPSA) is 150 Å². The predicted octanol–water partition coefficient (Wildman–Crippen LogP) is 7.60. The number of likely N-dealkylation sites (tertiary alicyclic amines) is 2. The van der Waals surface area contributed by atoms with E-state index in [0.29, 0.717) is 73.7 Å². The third kappa shape index (κ3) is 7.89. The lowest BCUT2D eigenvalue weighted by molar-refractivity contribution is -0.173. The fourth-order valence-electron chi connectivity index (χ4n) is 11.1. The van der Waals surface area contributed by atoms with Gasteiger partial charge in [-0.05, 0) is 94.8 Å². The summed E-state index contributed by atoms with van der Waals surface area (Å²) in [4.78, 5) is 41.5. The van der Waals surface area contributed by atoms with Crippen LogP contribution in [0.2, 0.25) is 0 Å². The van der Waals surface area contributed by atoms with E-state index < -0.39 is 55.9 Å². The Morgan fingerprint density at radius 1 is 0.514 bits per heavy atom. The third-order valence-corrected chi connectivity index (χ3v) is 14.8. The molecule has 2 saturated heterocycles. The quantitative estimate of drug-likeness (QED) is 0.116. The van der Waals surface area contributed by atoms with Crippen LogP contribution in [0.1, 0.15) is 45.5 Å². The number of anilines is 4. The molecule has 8 bridgehead atoms. The second kappa shape index (κ2) is 16.8. The van der Waals surface area contributed by atoms with E-state index in [1.54, 1.807) is 46.0 Å². The molecule has 0 amide bonds. The number of carbonyl (C=O) groups is 1. The van der Waals surface area contributed by atoms with Crippen LogP contribution in [0, 0.1) is 0 Å². The lowest BCUT2D eigenvalue weighted by Crippen LogP contribution is -2.62. The molecule has 12 aromatic rings. The number of carbonyl (C=O) groups excluding carboxylic acids is 1. The fourth-order valence-corrected chi connectivity index (χ4v) is 11.1. The molecule has 21 heteroatoms. The number of benzene rings is 4. The largest absolute Gasteiger partial charge is 0.336 e. The average Bonchev–Trinajstić information content (AvgIpc) is 4.13. The van der Waals surface area contributed by atoms with Gasteiger partial charge in [0.1, 0.15) is 11.0 Å². The first-order chi connectivity index (χ1) is 35.9. The van der Waals surface area contributed by atoms with E-state index in [0.717, 1.165) is 55.4 Å². The summed E-state index contributed by atoms with van der Waals surface area (Å²) in [6.45, 7) is -0.513. The number of ketones is 1. The van der Waals surface area contributed by atoms with Gasteiger partial charge < -0.3 is 9.80 Å². The summed E-state index contributed by atoms with van der Waals surface area (Å²) >= 11 is 0. The second-order valence-electron chi connectivity index (χ2n) is 19.8. The summed E-state index contributed by atoms with van der Waals surface area (Å²) in [7, 11) is 0. The Hall–Kier alpha value is -8.43. The molecular formula is C53H46F4N16O. The molecule has 17 nitrogen and oxygen atoms in total. The van der Waals surface area contributed by atoms with Gasteiger partial charge in [0.05, 0.1) is 85.1 Å². The van der Waals surface area contributed by atoms with E-state index >= 15 is 4.79 Å². The number of aromatic nitrogens is 10. The number of nitrogens with zero attached hydrogens (tertiary/aromatic N) is 14. The first kappa shape index (κ1) is 44.3. The van der Waals surface area contributed by atoms with E-state index in [9.17, 15) is 17.6 Å². The number of hydrogen-bond acceptors (Lipinski definition) is 13. The van der Waals surface area contributed by atoms with Gasteiger partial charge in [0, 0.05) is 50.7 Å². The zero-order valence-corrected chi connectivity index (χ0v) is 39.6. The minimum absolute atomic E-state index is 0.394. The molecule has 74 heavy (non-hydrogen) atoms. The van der Waals surface area contributed by atoms with Gasteiger partial charge in [-0.3, -0.25) is 34.8 Å². The van der Waals surface area contributed by atoms with Crippen molar-refractivity contribution in [3.05, 3.63) is 168 Å². The van der Waals surface area contributed by atoms with Crippen molar-refractivity contribution in [3.8, 4) is 0 Å². The number of rotatable bonds is 12. The fraction of sp³-hybridized carbons (Fsp3) is 0.264. The maximum atomic E-state index is 15.4. The molecule has 8 aromatic heterocycles. The first-order valence-corrected chi connectivity index (χ1v) is 24.5. The van der Waals surface area contributed by atoms with Crippen LogP contribution in [0.15, 0.2) is 134 Å². The minimum Gasteiger partial charge on any atom is -0.336 e. The number of hydrogen-bond donors (Lipinski definition) is 2. The van der Waals surface area contributed by atoms with Crippen LogP contribution in [-0.4, -0.2) is 115 Å². The van der Waals surface area contributed by atoms with Crippen molar-refractivity contribution in [2.24, 2.45) is 0 Å². The van der Waals surface area contributed by atoms with Crippen LogP contribution in [0.3, 0.4) is 0 Å². The maximum absolute atomic E-state index is 15.4. The van der Waals surface area contributed by atoms with Crippen LogP contribution in [0.5, 0.6) is 0 Å². The second-order valence-corrected chi connectivity index (χ2v) is 19.8. The van der Waals surface area contributed by atoms with Crippen LogP contribution in [0.4, 0.5) is 41.1 Å². The SMILES string of the molecule is O=C(C(c1ccc2c(c1)CN(c1nccc(Nn3c4ccc(cc4)n4cc3cn4)n1)CC2)N1CC(F)(F)C1)C(c1ccc2c(c1)CN(c1nccc(Nn3c4ccc(cc4)n4cc3cn4)n1)CC2)N1CC(F)(F)C1. The van der Waals surface area contributed by atoms with Gasteiger partial charge in [-0.25, -0.2) is 36.6 Å². The Balaban J connectivity index is 0.744. The van der Waals surface area contributed by atoms with Gasteiger partial charge in [-0.15, -0.1) is 0 Å². The molecule has 0 radical (unpaired) electrons. The summed E-state index contributed by atoms with van der Waals surface area (Å²) in [5, 5.41) is 8.98. The van der Waals surface area contributed by atoms with Crippen LogP contribution >= 0.6 is 0 Å². The Morgan fingerprint density at radius 2 is 0.932 bits per heavy atom. The van der Waals surface area contributed by atoms with Crippen LogP contribution < -0.4 is 20.7 Å². The molecule has 372 valence electrons. The Kier molecular flexibility index (Phi) is 10.1. The Morgan fingerprint density at radius 3 is 1.35 bits per heavy atom. The highest BCUT2D eigenvalue weighted by atomic mass is 19.3. The van der Waals surface area contributed by atoms with Gasteiger partial charge in [-0.2, -0.15) is 20.2 Å². The smallest absolute Gasteiger partial charge is 0.273 e.